The predicted octanol–water partition coefficient (Wildman–Crippen LogP) is 1.53. The molecule has 0 unspecified atom stereocenters. The van der Waals surface area contributed by atoms with Crippen LogP contribution in [0.15, 0.2) is 18.6 Å². The fourth-order valence-corrected chi connectivity index (χ4v) is 4.48. The van der Waals surface area contributed by atoms with E-state index >= 15 is 0 Å². The van der Waals surface area contributed by atoms with Gasteiger partial charge < -0.3 is 15.6 Å². The highest BCUT2D eigenvalue weighted by Crippen LogP contribution is 2.56. The van der Waals surface area contributed by atoms with E-state index in [1.807, 2.05) is 6.07 Å². The van der Waals surface area contributed by atoms with Crippen LogP contribution in [0.3, 0.4) is 0 Å². The van der Waals surface area contributed by atoms with Crippen LogP contribution in [0.25, 0.3) is 11.0 Å². The number of carbonyl (C=O) groups excluding carboxylic acids is 2. The third kappa shape index (κ3) is 2.58. The van der Waals surface area contributed by atoms with Gasteiger partial charge >= 0.3 is 0 Å². The molecule has 130 valence electrons. The first kappa shape index (κ1) is 14.9. The molecule has 0 aliphatic heterocycles. The Morgan fingerprint density at radius 1 is 1.08 bits per heavy atom. The number of hydrogen-bond donors (Lipinski definition) is 3. The molecule has 7 heteroatoms. The van der Waals surface area contributed by atoms with Gasteiger partial charge in [-0.05, 0) is 50.0 Å². The summed E-state index contributed by atoms with van der Waals surface area (Å²) in [6, 6.07) is 2.37. The van der Waals surface area contributed by atoms with E-state index in [0.29, 0.717) is 22.8 Å². The van der Waals surface area contributed by atoms with E-state index in [1.165, 1.54) is 6.33 Å². The number of amides is 2. The average Bonchev–Trinajstić information content (AvgIpc) is 3.27. The summed E-state index contributed by atoms with van der Waals surface area (Å²) in [4.78, 5) is 35.5. The minimum Gasteiger partial charge on any atom is -0.353 e. The molecule has 3 fully saturated rings. The molecule has 2 heterocycles. The highest BCUT2D eigenvalue weighted by molar-refractivity contribution is 6.03. The number of nitrogens with one attached hydrogen (secondary N) is 3. The van der Waals surface area contributed by atoms with E-state index < -0.39 is 0 Å². The number of nitrogens with zero attached hydrogens (tertiary/aromatic N) is 2. The zero-order valence-electron chi connectivity index (χ0n) is 13.9. The number of H-pyrrole nitrogens is 1. The van der Waals surface area contributed by atoms with Crippen molar-refractivity contribution in [2.45, 2.75) is 50.6 Å². The molecule has 2 aromatic heterocycles. The lowest BCUT2D eigenvalue weighted by Crippen LogP contribution is -2.61. The van der Waals surface area contributed by atoms with E-state index in [1.54, 1.807) is 6.20 Å². The van der Waals surface area contributed by atoms with E-state index in [9.17, 15) is 9.59 Å². The Balaban J connectivity index is 1.14. The summed E-state index contributed by atoms with van der Waals surface area (Å²) in [7, 11) is 0. The standard InChI is InChI=1S/C18H21N5O2/c24-16(10-1-2-10)22-11-5-18(6-11)7-12(8-18)23-17(25)14-13-3-4-19-15(13)21-9-20-14/h3-4,9-12H,1-2,5-8H2,(H,22,24)(H,23,25)(H,19,20,21). The van der Waals surface area contributed by atoms with E-state index in [-0.39, 0.29) is 23.8 Å². The van der Waals surface area contributed by atoms with Crippen molar-refractivity contribution < 1.29 is 9.59 Å². The molecule has 0 atom stereocenters. The molecule has 2 aromatic rings. The van der Waals surface area contributed by atoms with Gasteiger partial charge in [-0.3, -0.25) is 9.59 Å². The van der Waals surface area contributed by atoms with Gasteiger partial charge in [-0.2, -0.15) is 0 Å². The molecule has 1 spiro atoms. The molecule has 3 N–H and O–H groups in total. The summed E-state index contributed by atoms with van der Waals surface area (Å²) in [6.45, 7) is 0. The van der Waals surface area contributed by atoms with Gasteiger partial charge in [0.25, 0.3) is 5.91 Å². The van der Waals surface area contributed by atoms with Crippen molar-refractivity contribution >= 4 is 22.8 Å². The van der Waals surface area contributed by atoms with E-state index in [4.69, 9.17) is 0 Å². The average molecular weight is 339 g/mol. The second kappa shape index (κ2) is 5.28. The SMILES string of the molecule is O=C(NC1CC2(C1)CC(NC(=O)C1CC1)C2)c1ncnc2[nH]ccc12. The Labute approximate surface area is 145 Å². The second-order valence-electron chi connectivity index (χ2n) is 7.93. The smallest absolute Gasteiger partial charge is 0.270 e. The van der Waals surface area contributed by atoms with Crippen LogP contribution in [0.2, 0.25) is 0 Å². The summed E-state index contributed by atoms with van der Waals surface area (Å²) in [5.41, 5.74) is 1.43. The molecular formula is C18H21N5O2. The third-order valence-corrected chi connectivity index (χ3v) is 5.92. The Morgan fingerprint density at radius 3 is 2.52 bits per heavy atom. The van der Waals surface area contributed by atoms with Crippen molar-refractivity contribution in [3.05, 3.63) is 24.3 Å². The van der Waals surface area contributed by atoms with Gasteiger partial charge in [0.15, 0.2) is 0 Å². The molecule has 0 bridgehead atoms. The van der Waals surface area contributed by atoms with Crippen LogP contribution < -0.4 is 10.6 Å². The molecule has 3 aliphatic carbocycles. The summed E-state index contributed by atoms with van der Waals surface area (Å²) >= 11 is 0. The van der Waals surface area contributed by atoms with Crippen LogP contribution in [-0.4, -0.2) is 38.8 Å². The molecule has 0 saturated heterocycles. The monoisotopic (exact) mass is 339 g/mol. The van der Waals surface area contributed by atoms with Crippen molar-refractivity contribution in [3.63, 3.8) is 0 Å². The summed E-state index contributed by atoms with van der Waals surface area (Å²) in [5.74, 6) is 0.385. The van der Waals surface area contributed by atoms with Crippen LogP contribution in [0.4, 0.5) is 0 Å². The molecular weight excluding hydrogens is 318 g/mol. The molecule has 2 amide bonds. The van der Waals surface area contributed by atoms with Crippen molar-refractivity contribution in [2.75, 3.05) is 0 Å². The van der Waals surface area contributed by atoms with Crippen LogP contribution in [-0.2, 0) is 4.79 Å². The number of fused-ring (bicyclic) bond motifs is 1. The normalized spacial score (nSPS) is 30.6. The largest absolute Gasteiger partial charge is 0.353 e. The molecule has 25 heavy (non-hydrogen) atoms. The van der Waals surface area contributed by atoms with Crippen molar-refractivity contribution in [1.29, 1.82) is 0 Å². The van der Waals surface area contributed by atoms with Crippen molar-refractivity contribution in [3.8, 4) is 0 Å². The Bertz CT molecular complexity index is 842. The van der Waals surface area contributed by atoms with Crippen LogP contribution in [0.1, 0.15) is 49.0 Å². The molecule has 3 aliphatic rings. The Hall–Kier alpha value is -2.44. The highest BCUT2D eigenvalue weighted by atomic mass is 16.2. The third-order valence-electron chi connectivity index (χ3n) is 5.92. The van der Waals surface area contributed by atoms with Crippen molar-refractivity contribution in [2.24, 2.45) is 11.3 Å². The summed E-state index contributed by atoms with van der Waals surface area (Å²) in [6.07, 6.45) is 9.37. The molecule has 0 aromatic carbocycles. The van der Waals surface area contributed by atoms with Gasteiger partial charge in [0.2, 0.25) is 5.91 Å². The predicted molar refractivity (Wildman–Crippen MR) is 90.7 cm³/mol. The summed E-state index contributed by atoms with van der Waals surface area (Å²) < 4.78 is 0. The molecule has 3 saturated carbocycles. The Morgan fingerprint density at radius 2 is 1.80 bits per heavy atom. The van der Waals surface area contributed by atoms with Gasteiger partial charge in [-0.15, -0.1) is 0 Å². The van der Waals surface area contributed by atoms with Gasteiger partial charge in [-0.1, -0.05) is 0 Å². The Kier molecular flexibility index (Phi) is 3.14. The maximum Gasteiger partial charge on any atom is 0.270 e. The first-order chi connectivity index (χ1) is 12.1. The maximum absolute atomic E-state index is 12.5. The minimum atomic E-state index is -0.134. The lowest BCUT2D eigenvalue weighted by atomic mass is 9.52. The fraction of sp³-hybridized carbons (Fsp3) is 0.556. The fourth-order valence-electron chi connectivity index (χ4n) is 4.48. The van der Waals surface area contributed by atoms with Crippen LogP contribution in [0.5, 0.6) is 0 Å². The topological polar surface area (TPSA) is 99.8 Å². The van der Waals surface area contributed by atoms with Gasteiger partial charge in [-0.25, -0.2) is 9.97 Å². The zero-order chi connectivity index (χ0) is 17.0. The number of rotatable bonds is 4. The van der Waals surface area contributed by atoms with Gasteiger partial charge in [0, 0.05) is 24.2 Å². The highest BCUT2D eigenvalue weighted by Gasteiger charge is 2.53. The number of aromatic nitrogens is 3. The number of aromatic amines is 1. The first-order valence-corrected chi connectivity index (χ1v) is 9.01. The van der Waals surface area contributed by atoms with Crippen molar-refractivity contribution in [1.82, 2.24) is 25.6 Å². The summed E-state index contributed by atoms with van der Waals surface area (Å²) in [5, 5.41) is 7.00. The minimum absolute atomic E-state index is 0.134. The quantitative estimate of drug-likeness (QED) is 0.786. The lowest BCUT2D eigenvalue weighted by Gasteiger charge is -2.57. The van der Waals surface area contributed by atoms with E-state index in [0.717, 1.165) is 43.9 Å². The molecule has 5 rings (SSSR count). The van der Waals surface area contributed by atoms with Crippen LogP contribution in [0, 0.1) is 11.3 Å². The van der Waals surface area contributed by atoms with Crippen LogP contribution >= 0.6 is 0 Å². The molecule has 7 nitrogen and oxygen atoms in total. The number of hydrogen-bond acceptors (Lipinski definition) is 4. The van der Waals surface area contributed by atoms with Gasteiger partial charge in [0.1, 0.15) is 17.7 Å². The van der Waals surface area contributed by atoms with E-state index in [2.05, 4.69) is 25.6 Å². The molecule has 0 radical (unpaired) electrons. The lowest BCUT2D eigenvalue weighted by molar-refractivity contribution is -0.126. The second-order valence-corrected chi connectivity index (χ2v) is 7.93. The van der Waals surface area contributed by atoms with Gasteiger partial charge in [0.05, 0.1) is 5.39 Å². The first-order valence-electron chi connectivity index (χ1n) is 9.01. The number of carbonyl (C=O) groups is 2. The maximum atomic E-state index is 12.5. The zero-order valence-corrected chi connectivity index (χ0v) is 13.9.